The van der Waals surface area contributed by atoms with Crippen LogP contribution in [0, 0.1) is 0 Å². The average Bonchev–Trinajstić information content (AvgIpc) is 2.38. The molecule has 0 aliphatic rings. The lowest BCUT2D eigenvalue weighted by molar-refractivity contribution is 0.0466. The fourth-order valence-electron chi connectivity index (χ4n) is 1.26. The van der Waals surface area contributed by atoms with Crippen molar-refractivity contribution in [2.24, 2.45) is 0 Å². The molecule has 92 valence electrons. The van der Waals surface area contributed by atoms with Crippen molar-refractivity contribution in [3.63, 3.8) is 0 Å². The molecule has 0 aliphatic carbocycles. The number of carbonyl (C=O) groups excluding carboxylic acids is 2. The van der Waals surface area contributed by atoms with Crippen molar-refractivity contribution in [3.8, 4) is 0 Å². The van der Waals surface area contributed by atoms with Crippen LogP contribution in [-0.2, 0) is 9.47 Å². The van der Waals surface area contributed by atoms with Crippen LogP contribution in [-0.4, -0.2) is 37.4 Å². The minimum atomic E-state index is -0.598. The van der Waals surface area contributed by atoms with E-state index in [2.05, 4.69) is 4.74 Å². The summed E-state index contributed by atoms with van der Waals surface area (Å²) in [6, 6.07) is 6.26. The Bertz CT molecular complexity index is 400. The van der Waals surface area contributed by atoms with E-state index in [4.69, 9.17) is 9.84 Å². The van der Waals surface area contributed by atoms with Gasteiger partial charge in [-0.1, -0.05) is 12.1 Å². The van der Waals surface area contributed by atoms with Gasteiger partial charge in [0, 0.05) is 13.0 Å². The first-order valence-electron chi connectivity index (χ1n) is 5.16. The first-order valence-corrected chi connectivity index (χ1v) is 5.16. The number of carbonyl (C=O) groups is 2. The minimum absolute atomic E-state index is 0.0497. The Kier molecular flexibility index (Phi) is 5.16. The molecular weight excluding hydrogens is 224 g/mol. The predicted molar refractivity (Wildman–Crippen MR) is 59.8 cm³/mol. The zero-order chi connectivity index (χ0) is 12.7. The topological polar surface area (TPSA) is 72.8 Å². The van der Waals surface area contributed by atoms with Crippen molar-refractivity contribution in [1.82, 2.24) is 0 Å². The van der Waals surface area contributed by atoms with Crippen LogP contribution in [0.25, 0.3) is 0 Å². The molecule has 0 saturated heterocycles. The highest BCUT2D eigenvalue weighted by atomic mass is 16.5. The van der Waals surface area contributed by atoms with E-state index < -0.39 is 11.9 Å². The van der Waals surface area contributed by atoms with Crippen LogP contribution < -0.4 is 0 Å². The van der Waals surface area contributed by atoms with Crippen molar-refractivity contribution in [1.29, 1.82) is 0 Å². The molecule has 0 amide bonds. The third-order valence-corrected chi connectivity index (χ3v) is 2.09. The van der Waals surface area contributed by atoms with E-state index in [1.165, 1.54) is 19.2 Å². The zero-order valence-electron chi connectivity index (χ0n) is 9.51. The number of esters is 2. The van der Waals surface area contributed by atoms with Gasteiger partial charge in [0.1, 0.15) is 0 Å². The molecular formula is C12H14O5. The average molecular weight is 238 g/mol. The maximum absolute atomic E-state index is 11.6. The highest BCUT2D eigenvalue weighted by Crippen LogP contribution is 2.11. The Balaban J connectivity index is 2.82. The Morgan fingerprint density at radius 2 is 1.76 bits per heavy atom. The highest BCUT2D eigenvalue weighted by molar-refractivity contribution is 6.03. The van der Waals surface area contributed by atoms with Gasteiger partial charge < -0.3 is 14.6 Å². The molecule has 1 aromatic carbocycles. The van der Waals surface area contributed by atoms with Crippen molar-refractivity contribution in [2.45, 2.75) is 6.42 Å². The van der Waals surface area contributed by atoms with Gasteiger partial charge in [0.05, 0.1) is 24.8 Å². The fraction of sp³-hybridized carbons (Fsp3) is 0.333. The molecule has 0 aromatic heterocycles. The van der Waals surface area contributed by atoms with E-state index >= 15 is 0 Å². The maximum atomic E-state index is 11.6. The molecule has 17 heavy (non-hydrogen) atoms. The molecule has 0 unspecified atom stereocenters. The summed E-state index contributed by atoms with van der Waals surface area (Å²) in [5.41, 5.74) is 0.335. The smallest absolute Gasteiger partial charge is 0.339 e. The van der Waals surface area contributed by atoms with Crippen molar-refractivity contribution in [3.05, 3.63) is 35.4 Å². The molecule has 0 atom stereocenters. The van der Waals surface area contributed by atoms with E-state index in [0.29, 0.717) is 6.42 Å². The molecule has 5 nitrogen and oxygen atoms in total. The molecule has 1 N–H and O–H groups in total. The number of benzene rings is 1. The van der Waals surface area contributed by atoms with Gasteiger partial charge in [-0.05, 0) is 12.1 Å². The van der Waals surface area contributed by atoms with Crippen LogP contribution >= 0.6 is 0 Å². The molecule has 0 fully saturated rings. The van der Waals surface area contributed by atoms with Crippen LogP contribution in [0.4, 0.5) is 0 Å². The number of aliphatic hydroxyl groups excluding tert-OH is 1. The van der Waals surface area contributed by atoms with Crippen molar-refractivity contribution in [2.75, 3.05) is 20.3 Å². The van der Waals surface area contributed by atoms with E-state index in [-0.39, 0.29) is 24.3 Å². The second-order valence-electron chi connectivity index (χ2n) is 3.25. The third-order valence-electron chi connectivity index (χ3n) is 2.09. The standard InChI is InChI=1S/C12H14O5/c1-16-11(14)9-5-2-3-6-10(9)12(15)17-8-4-7-13/h2-3,5-6,13H,4,7-8H2,1H3. The summed E-state index contributed by atoms with van der Waals surface area (Å²) in [4.78, 5) is 23.0. The highest BCUT2D eigenvalue weighted by Gasteiger charge is 2.17. The predicted octanol–water partition coefficient (Wildman–Crippen LogP) is 1.01. The Hall–Kier alpha value is -1.88. The van der Waals surface area contributed by atoms with Gasteiger partial charge in [-0.3, -0.25) is 0 Å². The monoisotopic (exact) mass is 238 g/mol. The van der Waals surface area contributed by atoms with Crippen LogP contribution in [0.1, 0.15) is 27.1 Å². The van der Waals surface area contributed by atoms with Gasteiger partial charge in [0.25, 0.3) is 0 Å². The summed E-state index contributed by atoms with van der Waals surface area (Å²) in [5.74, 6) is -1.18. The van der Waals surface area contributed by atoms with Crippen LogP contribution in [0.5, 0.6) is 0 Å². The first kappa shape index (κ1) is 13.2. The Morgan fingerprint density at radius 3 is 2.29 bits per heavy atom. The molecule has 1 aromatic rings. The minimum Gasteiger partial charge on any atom is -0.465 e. The molecule has 0 heterocycles. The summed E-state index contributed by atoms with van der Waals surface area (Å²) < 4.78 is 9.46. The van der Waals surface area contributed by atoms with Gasteiger partial charge in [-0.25, -0.2) is 9.59 Å². The van der Waals surface area contributed by atoms with Gasteiger partial charge >= 0.3 is 11.9 Å². The Morgan fingerprint density at radius 1 is 1.18 bits per heavy atom. The molecule has 0 aliphatic heterocycles. The molecule has 0 spiro atoms. The normalized spacial score (nSPS) is 9.76. The number of hydrogen-bond acceptors (Lipinski definition) is 5. The lowest BCUT2D eigenvalue weighted by Crippen LogP contribution is -2.13. The Labute approximate surface area is 99.0 Å². The summed E-state index contributed by atoms with van der Waals surface area (Å²) in [6.45, 7) is 0.0662. The van der Waals surface area contributed by atoms with Crippen LogP contribution in [0.3, 0.4) is 0 Å². The fourth-order valence-corrected chi connectivity index (χ4v) is 1.26. The van der Waals surface area contributed by atoms with E-state index in [0.717, 1.165) is 0 Å². The lowest BCUT2D eigenvalue weighted by atomic mass is 10.1. The van der Waals surface area contributed by atoms with Gasteiger partial charge in [-0.2, -0.15) is 0 Å². The molecule has 0 saturated carbocycles. The van der Waals surface area contributed by atoms with Crippen molar-refractivity contribution >= 4 is 11.9 Å². The quantitative estimate of drug-likeness (QED) is 0.612. The van der Waals surface area contributed by atoms with Crippen molar-refractivity contribution < 1.29 is 24.2 Å². The largest absolute Gasteiger partial charge is 0.465 e. The molecule has 1 rings (SSSR count). The lowest BCUT2D eigenvalue weighted by Gasteiger charge is -2.07. The molecule has 0 radical (unpaired) electrons. The van der Waals surface area contributed by atoms with Gasteiger partial charge in [0.2, 0.25) is 0 Å². The summed E-state index contributed by atoms with van der Waals surface area (Å²) in [6.07, 6.45) is 0.367. The van der Waals surface area contributed by atoms with E-state index in [9.17, 15) is 9.59 Å². The summed E-state index contributed by atoms with van der Waals surface area (Å²) >= 11 is 0. The number of hydrogen-bond donors (Lipinski definition) is 1. The second kappa shape index (κ2) is 6.65. The second-order valence-corrected chi connectivity index (χ2v) is 3.25. The van der Waals surface area contributed by atoms with E-state index in [1.54, 1.807) is 12.1 Å². The van der Waals surface area contributed by atoms with Crippen LogP contribution in [0.15, 0.2) is 24.3 Å². The zero-order valence-corrected chi connectivity index (χ0v) is 9.51. The van der Waals surface area contributed by atoms with E-state index in [1.807, 2.05) is 0 Å². The SMILES string of the molecule is COC(=O)c1ccccc1C(=O)OCCCO. The third kappa shape index (κ3) is 3.57. The number of ether oxygens (including phenoxy) is 2. The number of rotatable bonds is 5. The van der Waals surface area contributed by atoms with Crippen LogP contribution in [0.2, 0.25) is 0 Å². The first-order chi connectivity index (χ1) is 8.20. The number of methoxy groups -OCH3 is 1. The van der Waals surface area contributed by atoms with Gasteiger partial charge in [-0.15, -0.1) is 0 Å². The van der Waals surface area contributed by atoms with Gasteiger partial charge in [0.15, 0.2) is 0 Å². The summed E-state index contributed by atoms with van der Waals surface area (Å²) in [7, 11) is 1.25. The summed E-state index contributed by atoms with van der Waals surface area (Å²) in [5, 5.41) is 8.57. The molecule has 0 bridgehead atoms. The number of aliphatic hydroxyl groups is 1. The maximum Gasteiger partial charge on any atom is 0.339 e. The molecule has 5 heteroatoms.